The number of hydrogen-bond acceptors (Lipinski definition) is 6. The highest BCUT2D eigenvalue weighted by Crippen LogP contribution is 2.17. The van der Waals surface area contributed by atoms with E-state index < -0.39 is 6.10 Å². The number of allylic oxidation sites excluding steroid dienone is 10. The van der Waals surface area contributed by atoms with E-state index in [1.165, 1.54) is 212 Å². The second-order valence-electron chi connectivity index (χ2n) is 22.0. The summed E-state index contributed by atoms with van der Waals surface area (Å²) in [5.41, 5.74) is 0. The van der Waals surface area contributed by atoms with E-state index in [1.54, 1.807) is 0 Å². The van der Waals surface area contributed by atoms with Gasteiger partial charge in [0.2, 0.25) is 0 Å². The fourth-order valence-corrected chi connectivity index (χ4v) is 9.61. The van der Waals surface area contributed by atoms with E-state index in [0.29, 0.717) is 19.3 Å². The number of carbonyl (C=O) groups excluding carboxylic acids is 3. The van der Waals surface area contributed by atoms with Crippen molar-refractivity contribution in [1.29, 1.82) is 0 Å². The van der Waals surface area contributed by atoms with E-state index >= 15 is 0 Å². The summed E-state index contributed by atoms with van der Waals surface area (Å²) in [7, 11) is 0. The van der Waals surface area contributed by atoms with Gasteiger partial charge in [-0.3, -0.25) is 14.4 Å². The third kappa shape index (κ3) is 61.8. The third-order valence-electron chi connectivity index (χ3n) is 14.5. The molecule has 1 atom stereocenters. The van der Waals surface area contributed by atoms with Gasteiger partial charge >= 0.3 is 17.9 Å². The first-order valence-corrected chi connectivity index (χ1v) is 32.8. The van der Waals surface area contributed by atoms with Crippen LogP contribution in [0.15, 0.2) is 60.8 Å². The minimum absolute atomic E-state index is 0.0719. The second-order valence-corrected chi connectivity index (χ2v) is 22.0. The lowest BCUT2D eigenvalue weighted by Gasteiger charge is -2.18. The Hall–Kier alpha value is -2.89. The van der Waals surface area contributed by atoms with E-state index in [0.717, 1.165) is 89.9 Å². The smallest absolute Gasteiger partial charge is 0.306 e. The average Bonchev–Trinajstić information content (AvgIpc) is 3.41. The van der Waals surface area contributed by atoms with Gasteiger partial charge in [-0.05, 0) is 83.5 Å². The highest BCUT2D eigenvalue weighted by Gasteiger charge is 2.19. The van der Waals surface area contributed by atoms with Gasteiger partial charge in [0.1, 0.15) is 13.2 Å². The van der Waals surface area contributed by atoms with Crippen molar-refractivity contribution >= 4 is 17.9 Å². The Bertz CT molecular complexity index is 1340. The zero-order valence-corrected chi connectivity index (χ0v) is 50.1. The Morgan fingerprint density at radius 2 is 0.520 bits per heavy atom. The number of ether oxygens (including phenoxy) is 3. The summed E-state index contributed by atoms with van der Waals surface area (Å²) >= 11 is 0. The molecule has 0 N–H and O–H groups in total. The van der Waals surface area contributed by atoms with E-state index in [-0.39, 0.29) is 31.1 Å². The van der Waals surface area contributed by atoms with Gasteiger partial charge in [0, 0.05) is 19.3 Å². The van der Waals surface area contributed by atoms with Crippen molar-refractivity contribution in [3.05, 3.63) is 60.8 Å². The van der Waals surface area contributed by atoms with Crippen molar-refractivity contribution in [3.63, 3.8) is 0 Å². The van der Waals surface area contributed by atoms with Crippen LogP contribution in [-0.4, -0.2) is 37.2 Å². The lowest BCUT2D eigenvalue weighted by Crippen LogP contribution is -2.30. The van der Waals surface area contributed by atoms with Crippen LogP contribution in [0.5, 0.6) is 0 Å². The average molecular weight is 1050 g/mol. The van der Waals surface area contributed by atoms with Gasteiger partial charge in [-0.25, -0.2) is 0 Å². The fourth-order valence-electron chi connectivity index (χ4n) is 9.61. The molecule has 0 saturated carbocycles. The van der Waals surface area contributed by atoms with Crippen LogP contribution in [0.25, 0.3) is 0 Å². The minimum atomic E-state index is -0.772. The van der Waals surface area contributed by atoms with Gasteiger partial charge in [-0.2, -0.15) is 0 Å². The Kier molecular flexibility index (Phi) is 61.2. The molecule has 436 valence electrons. The molecule has 0 aromatic carbocycles. The molecular weight excluding hydrogens is 925 g/mol. The Balaban J connectivity index is 3.93. The first-order valence-electron chi connectivity index (χ1n) is 32.8. The first kappa shape index (κ1) is 72.1. The standard InChI is InChI=1S/C69H124O6/c1-4-7-10-13-16-18-20-22-24-25-26-27-28-29-30-31-32-33-34-35-36-37-38-39-40-41-42-43-45-46-48-50-53-56-59-62-68(71)74-65-66(64-73-67(70)61-58-55-52-15-12-9-6-3)75-69(72)63-60-57-54-51-49-47-44-23-21-19-17-14-11-8-5-2/h7,10,16,18,22-24,26-27,44,66H,4-6,8-9,11-15,17,19-21,25,28-43,45-65H2,1-3H3/b10-7-,18-16-,24-22-,27-26-,44-23-. The molecule has 0 aliphatic carbocycles. The normalized spacial score (nSPS) is 12.4. The molecule has 0 amide bonds. The summed E-state index contributed by atoms with van der Waals surface area (Å²) in [6.45, 7) is 6.51. The van der Waals surface area contributed by atoms with Crippen LogP contribution in [0.3, 0.4) is 0 Å². The van der Waals surface area contributed by atoms with Gasteiger partial charge in [-0.1, -0.05) is 300 Å². The Labute approximate surface area is 466 Å². The van der Waals surface area contributed by atoms with Crippen molar-refractivity contribution in [3.8, 4) is 0 Å². The number of carbonyl (C=O) groups is 3. The molecule has 0 heterocycles. The maximum absolute atomic E-state index is 12.8. The van der Waals surface area contributed by atoms with E-state index in [9.17, 15) is 14.4 Å². The lowest BCUT2D eigenvalue weighted by atomic mass is 10.0. The summed E-state index contributed by atoms with van der Waals surface area (Å²) < 4.78 is 16.8. The van der Waals surface area contributed by atoms with Crippen molar-refractivity contribution in [1.82, 2.24) is 0 Å². The van der Waals surface area contributed by atoms with E-state index in [2.05, 4.69) is 81.5 Å². The van der Waals surface area contributed by atoms with Crippen molar-refractivity contribution in [2.75, 3.05) is 13.2 Å². The lowest BCUT2D eigenvalue weighted by molar-refractivity contribution is -0.167. The van der Waals surface area contributed by atoms with Crippen LogP contribution in [0, 0.1) is 0 Å². The molecule has 0 bridgehead atoms. The van der Waals surface area contributed by atoms with Gasteiger partial charge in [0.15, 0.2) is 6.10 Å². The molecule has 0 radical (unpaired) electrons. The molecule has 0 rings (SSSR count). The summed E-state index contributed by atoms with van der Waals surface area (Å²) in [6.07, 6.45) is 81.4. The SMILES string of the molecule is CC/C=C\C/C=C\C/C=C\C/C=C\CCCCCCCCCCCCCCCCCCCCCCCCC(=O)OCC(COC(=O)CCCCCCCCC)OC(=O)CCCCCCC/C=C\CCCCCCCC. The van der Waals surface area contributed by atoms with Crippen LogP contribution in [0.4, 0.5) is 0 Å². The molecule has 0 aromatic heterocycles. The summed E-state index contributed by atoms with van der Waals surface area (Å²) in [4.78, 5) is 38.0. The van der Waals surface area contributed by atoms with Crippen molar-refractivity contribution < 1.29 is 28.6 Å². The maximum atomic E-state index is 12.8. The van der Waals surface area contributed by atoms with Crippen LogP contribution in [0.1, 0.15) is 342 Å². The van der Waals surface area contributed by atoms with Gasteiger partial charge < -0.3 is 14.2 Å². The highest BCUT2D eigenvalue weighted by atomic mass is 16.6. The number of rotatable bonds is 60. The van der Waals surface area contributed by atoms with Gasteiger partial charge in [0.05, 0.1) is 0 Å². The number of hydrogen-bond donors (Lipinski definition) is 0. The zero-order chi connectivity index (χ0) is 54.3. The van der Waals surface area contributed by atoms with Crippen LogP contribution >= 0.6 is 0 Å². The molecule has 0 fully saturated rings. The van der Waals surface area contributed by atoms with Crippen LogP contribution < -0.4 is 0 Å². The molecular formula is C69H124O6. The van der Waals surface area contributed by atoms with E-state index in [4.69, 9.17) is 14.2 Å². The Morgan fingerprint density at radius 1 is 0.280 bits per heavy atom. The summed E-state index contributed by atoms with van der Waals surface area (Å²) in [6, 6.07) is 0. The monoisotopic (exact) mass is 1050 g/mol. The fraction of sp³-hybridized carbons (Fsp3) is 0.812. The van der Waals surface area contributed by atoms with E-state index in [1.807, 2.05) is 0 Å². The summed E-state index contributed by atoms with van der Waals surface area (Å²) in [5.74, 6) is -0.870. The quantitative estimate of drug-likeness (QED) is 0.0261. The van der Waals surface area contributed by atoms with Crippen molar-refractivity contribution in [2.24, 2.45) is 0 Å². The maximum Gasteiger partial charge on any atom is 0.306 e. The molecule has 0 saturated heterocycles. The van der Waals surface area contributed by atoms with Crippen LogP contribution in [-0.2, 0) is 28.6 Å². The molecule has 75 heavy (non-hydrogen) atoms. The molecule has 0 aromatic rings. The van der Waals surface area contributed by atoms with Crippen LogP contribution in [0.2, 0.25) is 0 Å². The highest BCUT2D eigenvalue weighted by molar-refractivity contribution is 5.71. The third-order valence-corrected chi connectivity index (χ3v) is 14.5. The molecule has 1 unspecified atom stereocenters. The van der Waals surface area contributed by atoms with Gasteiger partial charge in [-0.15, -0.1) is 0 Å². The van der Waals surface area contributed by atoms with Crippen molar-refractivity contribution in [2.45, 2.75) is 348 Å². The Morgan fingerprint density at radius 3 is 0.827 bits per heavy atom. The number of esters is 3. The largest absolute Gasteiger partial charge is 0.462 e. The predicted octanol–water partition coefficient (Wildman–Crippen LogP) is 22.3. The first-order chi connectivity index (χ1) is 37.0. The predicted molar refractivity (Wildman–Crippen MR) is 325 cm³/mol. The van der Waals surface area contributed by atoms with Gasteiger partial charge in [0.25, 0.3) is 0 Å². The molecule has 6 nitrogen and oxygen atoms in total. The molecule has 0 aliphatic rings. The summed E-state index contributed by atoms with van der Waals surface area (Å²) in [5, 5.41) is 0. The zero-order valence-electron chi connectivity index (χ0n) is 50.1. The minimum Gasteiger partial charge on any atom is -0.462 e. The number of unbranched alkanes of at least 4 members (excludes halogenated alkanes) is 39. The molecule has 0 aliphatic heterocycles. The molecule has 6 heteroatoms. The second kappa shape index (κ2) is 63.6. The molecule has 0 spiro atoms. The topological polar surface area (TPSA) is 78.9 Å².